The molecule has 3 heterocycles. The van der Waals surface area contributed by atoms with Crippen LogP contribution in [0.4, 0.5) is 4.79 Å². The van der Waals surface area contributed by atoms with Crippen LogP contribution in [-0.4, -0.2) is 86.3 Å². The van der Waals surface area contributed by atoms with E-state index in [1.54, 1.807) is 11.4 Å². The summed E-state index contributed by atoms with van der Waals surface area (Å²) in [6.07, 6.45) is 3.64. The molecule has 0 saturated carbocycles. The number of likely N-dealkylation sites (tertiary alicyclic amines) is 1. The fourth-order valence-electron chi connectivity index (χ4n) is 6.17. The molecule has 288 valence electrons. The van der Waals surface area contributed by atoms with Crippen LogP contribution in [0.5, 0.6) is 0 Å². The van der Waals surface area contributed by atoms with Gasteiger partial charge in [-0.1, -0.05) is 19.4 Å². The number of nitrogens with zero attached hydrogens (tertiary/aromatic N) is 2. The van der Waals surface area contributed by atoms with E-state index in [-0.39, 0.29) is 45.9 Å². The monoisotopic (exact) mass is 864 g/mol. The molecule has 5 amide bonds. The molecule has 3 rings (SSSR count). The summed E-state index contributed by atoms with van der Waals surface area (Å²) < 4.78 is 30.8. The molecule has 0 aliphatic carbocycles. The van der Waals surface area contributed by atoms with Crippen LogP contribution in [0.3, 0.4) is 0 Å². The summed E-state index contributed by atoms with van der Waals surface area (Å²) in [4.78, 5) is 70.6. The molecule has 0 bridgehead atoms. The number of sulfonamides is 1. The SMILES string of the molecule is C=CCNC(=O)C(=O)C(CCCC)NC(=O)[C@@H]1[C@@H](C(C)C)CCN1C(=O)[C@@H](NC(=O)NI(CN1Cc2sccc2S1(=O)=O)C(C)(C)C)C(C)(C)C. The summed E-state index contributed by atoms with van der Waals surface area (Å²) in [7, 11) is -3.66. The average Bonchev–Trinajstić information content (AvgIpc) is 3.75. The molecule has 1 saturated heterocycles. The number of alkyl halides is 2. The normalized spacial score (nSPS) is 20.3. The standard InChI is InChI=1S/C35H57IN6O7S2/c1-11-13-14-24(28(43)31(45)37-17-12-2)38-30(44)27-23(22(3)4)15-18-42(27)32(46)29(34(5,6)7)39-33(47)40-36(35(8,9)10)21-41-20-25-26(16-19-50-25)51(41,48)49/h12,16,19,22-24,27,29H,2,11,13-15,17-18,20-21H2,1,3-10H3,(H,37,45)(H,38,44)(H2,39,40,47)/t23-,24?,27+,29-/m1/s1. The molecule has 2 aliphatic rings. The second-order valence-electron chi connectivity index (χ2n) is 15.5. The molecule has 0 radical (unpaired) electrons. The van der Waals surface area contributed by atoms with Gasteiger partial charge in [-0.2, -0.15) is 0 Å². The minimum atomic E-state index is -3.66. The fourth-order valence-corrected chi connectivity index (χ4v) is 14.4. The molecule has 4 atom stereocenters. The number of carbonyl (C=O) groups excluding carboxylic acids is 5. The van der Waals surface area contributed by atoms with E-state index < -0.39 is 83.2 Å². The fraction of sp³-hybridized carbons (Fsp3) is 0.686. The van der Waals surface area contributed by atoms with Crippen molar-refractivity contribution in [2.75, 3.05) is 17.6 Å². The molecule has 16 heteroatoms. The topological polar surface area (TPSA) is 174 Å². The van der Waals surface area contributed by atoms with Gasteiger partial charge in [0.2, 0.25) is 0 Å². The summed E-state index contributed by atoms with van der Waals surface area (Å²) in [5.41, 5.74) is -0.762. The zero-order valence-electron chi connectivity index (χ0n) is 31.4. The van der Waals surface area contributed by atoms with E-state index in [0.717, 1.165) is 11.3 Å². The summed E-state index contributed by atoms with van der Waals surface area (Å²) in [6, 6.07) is -1.95. The second kappa shape index (κ2) is 17.5. The van der Waals surface area contributed by atoms with Gasteiger partial charge in [0.05, 0.1) is 0 Å². The Morgan fingerprint density at radius 3 is 2.31 bits per heavy atom. The molecule has 4 N–H and O–H groups in total. The average molecular weight is 865 g/mol. The van der Waals surface area contributed by atoms with Gasteiger partial charge in [-0.05, 0) is 0 Å². The molecular formula is C35H57IN6O7S2. The van der Waals surface area contributed by atoms with Crippen LogP contribution in [0, 0.1) is 17.3 Å². The van der Waals surface area contributed by atoms with E-state index >= 15 is 0 Å². The predicted octanol–water partition coefficient (Wildman–Crippen LogP) is 4.56. The molecule has 51 heavy (non-hydrogen) atoms. The molecule has 1 unspecified atom stereocenters. The Kier molecular flexibility index (Phi) is 14.7. The number of carbonyl (C=O) groups is 5. The Morgan fingerprint density at radius 1 is 1.10 bits per heavy atom. The van der Waals surface area contributed by atoms with Crippen LogP contribution in [-0.2, 0) is 35.7 Å². The van der Waals surface area contributed by atoms with E-state index in [0.29, 0.717) is 17.7 Å². The number of thiophene rings is 1. The number of urea groups is 1. The van der Waals surface area contributed by atoms with E-state index in [1.165, 1.54) is 26.6 Å². The molecule has 1 fully saturated rings. The first-order valence-electron chi connectivity index (χ1n) is 17.5. The number of fused-ring (bicyclic) bond motifs is 1. The molecule has 0 spiro atoms. The van der Waals surface area contributed by atoms with Crippen molar-refractivity contribution in [3.8, 4) is 0 Å². The maximum atomic E-state index is 14.5. The first-order chi connectivity index (χ1) is 23.6. The Bertz CT molecular complexity index is 1570. The second-order valence-corrected chi connectivity index (χ2v) is 24.9. The van der Waals surface area contributed by atoms with Crippen molar-refractivity contribution >= 4 is 71.0 Å². The predicted molar refractivity (Wildman–Crippen MR) is 209 cm³/mol. The van der Waals surface area contributed by atoms with Gasteiger partial charge >= 0.3 is 274 Å². The third-order valence-corrected chi connectivity index (χ3v) is 19.1. The summed E-state index contributed by atoms with van der Waals surface area (Å²) in [6.45, 7) is 21.5. The van der Waals surface area contributed by atoms with Crippen molar-refractivity contribution in [3.63, 3.8) is 0 Å². The van der Waals surface area contributed by atoms with Gasteiger partial charge in [0.15, 0.2) is 0 Å². The Labute approximate surface area is 315 Å². The van der Waals surface area contributed by atoms with E-state index in [2.05, 4.69) is 26.1 Å². The zero-order chi connectivity index (χ0) is 38.5. The first-order valence-corrected chi connectivity index (χ1v) is 23.5. The Balaban J connectivity index is 1.83. The number of hydrogen-bond acceptors (Lipinski definition) is 8. The number of halogens is 1. The van der Waals surface area contributed by atoms with Gasteiger partial charge in [-0.15, -0.1) is 6.58 Å². The van der Waals surface area contributed by atoms with Crippen molar-refractivity contribution in [2.45, 2.75) is 121 Å². The van der Waals surface area contributed by atoms with Gasteiger partial charge in [0.25, 0.3) is 0 Å². The third-order valence-electron chi connectivity index (χ3n) is 9.13. The molecule has 1 aromatic rings. The van der Waals surface area contributed by atoms with Crippen LogP contribution in [0.1, 0.15) is 92.9 Å². The van der Waals surface area contributed by atoms with Crippen molar-refractivity contribution in [2.24, 2.45) is 17.3 Å². The Morgan fingerprint density at radius 2 is 1.76 bits per heavy atom. The van der Waals surface area contributed by atoms with Crippen LogP contribution in [0.15, 0.2) is 29.0 Å². The zero-order valence-corrected chi connectivity index (χ0v) is 35.2. The van der Waals surface area contributed by atoms with Gasteiger partial charge in [0, 0.05) is 6.54 Å². The number of Topliss-reactive ketones (excluding diaryl/α,β-unsaturated/α-hetero) is 1. The van der Waals surface area contributed by atoms with Crippen LogP contribution < -0.4 is 19.5 Å². The molecule has 2 aliphatic heterocycles. The van der Waals surface area contributed by atoms with E-state index in [9.17, 15) is 32.4 Å². The molecule has 13 nitrogen and oxygen atoms in total. The van der Waals surface area contributed by atoms with Gasteiger partial charge in [0.1, 0.15) is 0 Å². The van der Waals surface area contributed by atoms with Crippen molar-refractivity contribution in [1.82, 2.24) is 28.7 Å². The van der Waals surface area contributed by atoms with Crippen LogP contribution in [0.25, 0.3) is 0 Å². The van der Waals surface area contributed by atoms with Crippen molar-refractivity contribution in [3.05, 3.63) is 29.0 Å². The Hall–Kier alpha value is -2.57. The number of nitrogens with one attached hydrogen (secondary N) is 4. The van der Waals surface area contributed by atoms with Crippen molar-refractivity contribution < 1.29 is 32.4 Å². The van der Waals surface area contributed by atoms with Crippen molar-refractivity contribution in [1.29, 1.82) is 0 Å². The molecule has 1 aromatic heterocycles. The maximum absolute atomic E-state index is 14.5. The van der Waals surface area contributed by atoms with Gasteiger partial charge < -0.3 is 5.32 Å². The van der Waals surface area contributed by atoms with E-state index in [4.69, 9.17) is 0 Å². The van der Waals surface area contributed by atoms with Crippen LogP contribution in [0.2, 0.25) is 0 Å². The quantitative estimate of drug-likeness (QED) is 0.0500. The number of amides is 5. The summed E-state index contributed by atoms with van der Waals surface area (Å²) in [5, 5.41) is 9.97. The first kappa shape index (κ1) is 42.8. The summed E-state index contributed by atoms with van der Waals surface area (Å²) in [5.74, 6) is -2.70. The number of unbranched alkanes of at least 4 members (excludes halogenated alkanes) is 1. The van der Waals surface area contributed by atoms with Gasteiger partial charge in [-0.25, -0.2) is 0 Å². The number of rotatable bonds is 15. The molecular weight excluding hydrogens is 807 g/mol. The molecule has 0 aromatic carbocycles. The third kappa shape index (κ3) is 10.5. The van der Waals surface area contributed by atoms with Gasteiger partial charge in [-0.3, -0.25) is 4.79 Å². The van der Waals surface area contributed by atoms with E-state index in [1.807, 2.05) is 62.3 Å². The summed E-state index contributed by atoms with van der Waals surface area (Å²) >= 11 is -1.20. The minimum absolute atomic E-state index is 0.0227. The number of ketones is 1. The number of hydrogen-bond donors (Lipinski definition) is 4. The van der Waals surface area contributed by atoms with Crippen LogP contribution >= 0.6 is 31.4 Å².